The third kappa shape index (κ3) is 2.92. The number of nitrogens with zero attached hydrogens (tertiary/aromatic N) is 2. The van der Waals surface area contributed by atoms with Gasteiger partial charge in [0.15, 0.2) is 0 Å². The Balaban J connectivity index is 2.23. The lowest BCUT2D eigenvalue weighted by Crippen LogP contribution is -2.32. The van der Waals surface area contributed by atoms with E-state index in [1.807, 2.05) is 0 Å². The van der Waals surface area contributed by atoms with Crippen LogP contribution in [0.2, 0.25) is 0 Å². The van der Waals surface area contributed by atoms with Crippen molar-refractivity contribution in [3.63, 3.8) is 0 Å². The maximum atomic E-state index is 5.42. The fourth-order valence-corrected chi connectivity index (χ4v) is 1.06. The molecule has 0 amide bonds. The predicted octanol–water partition coefficient (Wildman–Crippen LogP) is -0.0251. The van der Waals surface area contributed by atoms with Crippen molar-refractivity contribution < 1.29 is 0 Å². The number of nitrogens with one attached hydrogen (secondary N) is 1. The second-order valence-electron chi connectivity index (χ2n) is 2.40. The molecule has 0 aromatic carbocycles. The fourth-order valence-electron chi connectivity index (χ4n) is 0.624. The molecule has 62 valence electrons. The van der Waals surface area contributed by atoms with Crippen LogP contribution in [0.3, 0.4) is 0 Å². The molecule has 5 heteroatoms. The molecule has 4 nitrogen and oxygen atoms in total. The van der Waals surface area contributed by atoms with Crippen LogP contribution in [0.4, 0.5) is 0 Å². The summed E-state index contributed by atoms with van der Waals surface area (Å²) in [6.45, 7) is 3.52. The summed E-state index contributed by atoms with van der Waals surface area (Å²) in [5.41, 5.74) is 5.42. The third-order valence-electron chi connectivity index (χ3n) is 1.39. The Hall–Kier alpha value is -0.520. The van der Waals surface area contributed by atoms with Gasteiger partial charge in [0.25, 0.3) is 0 Å². The molecule has 0 aliphatic rings. The molecule has 1 rings (SSSR count). The number of hydrogen-bond acceptors (Lipinski definition) is 5. The van der Waals surface area contributed by atoms with Crippen molar-refractivity contribution in [2.75, 3.05) is 6.54 Å². The van der Waals surface area contributed by atoms with E-state index in [9.17, 15) is 0 Å². The molecule has 11 heavy (non-hydrogen) atoms. The highest BCUT2D eigenvalue weighted by Crippen LogP contribution is 2.00. The zero-order valence-corrected chi connectivity index (χ0v) is 7.27. The number of rotatable bonds is 4. The molecule has 0 bridgehead atoms. The van der Waals surface area contributed by atoms with Crippen LogP contribution in [0.1, 0.15) is 11.8 Å². The Bertz CT molecular complexity index is 186. The van der Waals surface area contributed by atoms with Crippen molar-refractivity contribution >= 4 is 11.5 Å². The van der Waals surface area contributed by atoms with Crippen LogP contribution in [0, 0.1) is 0 Å². The molecule has 1 heterocycles. The molecule has 0 radical (unpaired) electrons. The van der Waals surface area contributed by atoms with Crippen molar-refractivity contribution in [2.45, 2.75) is 19.5 Å². The summed E-state index contributed by atoms with van der Waals surface area (Å²) >= 11 is 1.41. The van der Waals surface area contributed by atoms with Gasteiger partial charge in [-0.2, -0.15) is 0 Å². The highest BCUT2D eigenvalue weighted by Gasteiger charge is 1.99. The SMILES string of the molecule is C[C@H](CN)NCc1cnns1. The van der Waals surface area contributed by atoms with Crippen molar-refractivity contribution in [3.8, 4) is 0 Å². The lowest BCUT2D eigenvalue weighted by Gasteiger charge is -2.08. The molecule has 0 saturated heterocycles. The van der Waals surface area contributed by atoms with Crippen LogP contribution in [-0.4, -0.2) is 22.2 Å². The summed E-state index contributed by atoms with van der Waals surface area (Å²) in [6.07, 6.45) is 1.76. The molecule has 1 atom stereocenters. The molecule has 0 fully saturated rings. The molecular formula is C6H12N4S. The summed E-state index contributed by atoms with van der Waals surface area (Å²) in [6, 6.07) is 0.358. The van der Waals surface area contributed by atoms with Gasteiger partial charge >= 0.3 is 0 Å². The molecule has 1 aromatic heterocycles. The average Bonchev–Trinajstić information content (AvgIpc) is 2.52. The largest absolute Gasteiger partial charge is 0.329 e. The molecule has 0 unspecified atom stereocenters. The maximum absolute atomic E-state index is 5.42. The van der Waals surface area contributed by atoms with E-state index in [0.717, 1.165) is 11.4 Å². The summed E-state index contributed by atoms with van der Waals surface area (Å²) < 4.78 is 3.75. The first-order chi connectivity index (χ1) is 5.33. The minimum absolute atomic E-state index is 0.358. The molecule has 1 aromatic rings. The van der Waals surface area contributed by atoms with Gasteiger partial charge in [-0.25, -0.2) is 0 Å². The molecule has 0 spiro atoms. The zero-order chi connectivity index (χ0) is 8.10. The second kappa shape index (κ2) is 4.38. The van der Waals surface area contributed by atoms with Crippen LogP contribution in [0.25, 0.3) is 0 Å². The van der Waals surface area contributed by atoms with E-state index in [1.54, 1.807) is 6.20 Å². The fraction of sp³-hybridized carbons (Fsp3) is 0.667. The van der Waals surface area contributed by atoms with Crippen molar-refractivity contribution in [2.24, 2.45) is 5.73 Å². The average molecular weight is 172 g/mol. The smallest absolute Gasteiger partial charge is 0.0666 e. The van der Waals surface area contributed by atoms with Gasteiger partial charge in [0.05, 0.1) is 11.1 Å². The van der Waals surface area contributed by atoms with E-state index in [4.69, 9.17) is 5.73 Å². The highest BCUT2D eigenvalue weighted by atomic mass is 32.1. The van der Waals surface area contributed by atoms with Gasteiger partial charge in [-0.3, -0.25) is 0 Å². The summed E-state index contributed by atoms with van der Waals surface area (Å²) in [7, 11) is 0. The quantitative estimate of drug-likeness (QED) is 0.669. The molecule has 0 aliphatic heterocycles. The topological polar surface area (TPSA) is 63.8 Å². The van der Waals surface area contributed by atoms with Crippen LogP contribution >= 0.6 is 11.5 Å². The van der Waals surface area contributed by atoms with E-state index in [1.165, 1.54) is 11.5 Å². The Kier molecular flexibility index (Phi) is 3.41. The van der Waals surface area contributed by atoms with Crippen LogP contribution in [-0.2, 0) is 6.54 Å². The van der Waals surface area contributed by atoms with Gasteiger partial charge in [0, 0.05) is 19.1 Å². The summed E-state index contributed by atoms with van der Waals surface area (Å²) in [5.74, 6) is 0. The summed E-state index contributed by atoms with van der Waals surface area (Å²) in [5, 5.41) is 6.96. The lowest BCUT2D eigenvalue weighted by atomic mass is 10.3. The van der Waals surface area contributed by atoms with Gasteiger partial charge in [0.2, 0.25) is 0 Å². The maximum Gasteiger partial charge on any atom is 0.0666 e. The second-order valence-corrected chi connectivity index (χ2v) is 3.27. The zero-order valence-electron chi connectivity index (χ0n) is 6.45. The van der Waals surface area contributed by atoms with Gasteiger partial charge < -0.3 is 11.1 Å². The number of hydrogen-bond donors (Lipinski definition) is 2. The molecular weight excluding hydrogens is 160 g/mol. The third-order valence-corrected chi connectivity index (χ3v) is 2.05. The minimum atomic E-state index is 0.358. The lowest BCUT2D eigenvalue weighted by molar-refractivity contribution is 0.559. The monoisotopic (exact) mass is 172 g/mol. The van der Waals surface area contributed by atoms with Gasteiger partial charge in [-0.1, -0.05) is 4.49 Å². The number of nitrogens with two attached hydrogens (primary N) is 1. The van der Waals surface area contributed by atoms with E-state index >= 15 is 0 Å². The van der Waals surface area contributed by atoms with E-state index in [2.05, 4.69) is 21.8 Å². The first-order valence-corrected chi connectivity index (χ1v) is 4.30. The normalized spacial score (nSPS) is 13.3. The Labute approximate surface area is 70.0 Å². The van der Waals surface area contributed by atoms with Gasteiger partial charge in [-0.05, 0) is 18.5 Å². The number of aromatic nitrogens is 2. The van der Waals surface area contributed by atoms with E-state index in [-0.39, 0.29) is 0 Å². The minimum Gasteiger partial charge on any atom is -0.329 e. The van der Waals surface area contributed by atoms with E-state index in [0.29, 0.717) is 12.6 Å². The standard InChI is InChI=1S/C6H12N4S/c1-5(2-7)8-3-6-4-9-10-11-6/h4-5,8H,2-3,7H2,1H3/t5-/m1/s1. The Morgan fingerprint density at radius 2 is 2.64 bits per heavy atom. The molecule has 3 N–H and O–H groups in total. The van der Waals surface area contributed by atoms with E-state index < -0.39 is 0 Å². The van der Waals surface area contributed by atoms with Crippen molar-refractivity contribution in [1.82, 2.24) is 14.9 Å². The Morgan fingerprint density at radius 3 is 3.18 bits per heavy atom. The van der Waals surface area contributed by atoms with Crippen LogP contribution in [0.15, 0.2) is 6.20 Å². The first-order valence-electron chi connectivity index (χ1n) is 3.52. The van der Waals surface area contributed by atoms with Crippen molar-refractivity contribution in [3.05, 3.63) is 11.1 Å². The van der Waals surface area contributed by atoms with Gasteiger partial charge in [-0.15, -0.1) is 5.10 Å². The molecule has 0 aliphatic carbocycles. The van der Waals surface area contributed by atoms with Crippen LogP contribution < -0.4 is 11.1 Å². The van der Waals surface area contributed by atoms with Gasteiger partial charge in [0.1, 0.15) is 0 Å². The summed E-state index contributed by atoms with van der Waals surface area (Å²) in [4.78, 5) is 1.14. The first kappa shape index (κ1) is 8.58. The molecule has 0 saturated carbocycles. The highest BCUT2D eigenvalue weighted by molar-refractivity contribution is 7.05. The Morgan fingerprint density at radius 1 is 1.82 bits per heavy atom. The van der Waals surface area contributed by atoms with Crippen LogP contribution in [0.5, 0.6) is 0 Å². The van der Waals surface area contributed by atoms with Crippen molar-refractivity contribution in [1.29, 1.82) is 0 Å². The predicted molar refractivity (Wildman–Crippen MR) is 45.3 cm³/mol.